The van der Waals surface area contributed by atoms with Crippen LogP contribution in [0.2, 0.25) is 0 Å². The number of phenols is 2. The predicted molar refractivity (Wildman–Crippen MR) is 127 cm³/mol. The zero-order chi connectivity index (χ0) is 20.7. The molecule has 28 heavy (non-hydrogen) atoms. The van der Waals surface area contributed by atoms with E-state index in [4.69, 9.17) is 0 Å². The lowest BCUT2D eigenvalue weighted by Crippen LogP contribution is -2.26. The Labute approximate surface area is 190 Å². The van der Waals surface area contributed by atoms with Crippen LogP contribution >= 0.6 is 45.2 Å². The molecule has 3 rings (SSSR count). The van der Waals surface area contributed by atoms with Crippen molar-refractivity contribution < 1.29 is 19.4 Å². The van der Waals surface area contributed by atoms with Crippen LogP contribution in [0.3, 0.4) is 0 Å². The molecule has 0 spiro atoms. The average Bonchev–Trinajstić information content (AvgIpc) is 2.68. The zero-order valence-corrected chi connectivity index (χ0v) is 19.3. The molecular weight excluding hydrogens is 587 g/mol. The lowest BCUT2D eigenvalue weighted by molar-refractivity contribution is 0.0998. The van der Waals surface area contributed by atoms with Crippen molar-refractivity contribution >= 4 is 62.5 Å². The molecule has 0 aliphatic carbocycles. The first-order valence-corrected chi connectivity index (χ1v) is 11.2. The molecule has 0 aromatic heterocycles. The third-order valence-electron chi connectivity index (χ3n) is 3.92. The molecule has 0 aliphatic rings. The van der Waals surface area contributed by atoms with Crippen molar-refractivity contribution in [1.82, 2.24) is 0 Å². The second-order valence-electron chi connectivity index (χ2n) is 5.69. The molecule has 3 aromatic carbocycles. The molecule has 146 valence electrons. The Bertz CT molecular complexity index is 886. The molecule has 2 N–H and O–H groups in total. The molecule has 0 saturated heterocycles. The van der Waals surface area contributed by atoms with E-state index in [-0.39, 0.29) is 22.6 Å². The molecule has 3 aromatic rings. The Hall–Kier alpha value is -1.88. The molecule has 0 heterocycles. The Morgan fingerprint density at radius 1 is 0.893 bits per heavy atom. The van der Waals surface area contributed by atoms with E-state index >= 15 is 0 Å². The molecule has 0 saturated carbocycles. The van der Waals surface area contributed by atoms with Crippen molar-refractivity contribution in [3.8, 4) is 11.5 Å². The second-order valence-corrected chi connectivity index (χ2v) is 10.1. The fourth-order valence-electron chi connectivity index (χ4n) is 2.55. The monoisotopic (exact) mass is 605 g/mol. The van der Waals surface area contributed by atoms with E-state index < -0.39 is 11.7 Å². The van der Waals surface area contributed by atoms with Gasteiger partial charge in [-0.3, -0.25) is 9.69 Å². The number of benzene rings is 3. The third kappa shape index (κ3) is 5.57. The lowest BCUT2D eigenvalue weighted by atomic mass is 10.1. The molecule has 7 heteroatoms. The number of rotatable bonds is 3. The Morgan fingerprint density at radius 2 is 1.32 bits per heavy atom. The van der Waals surface area contributed by atoms with Crippen molar-refractivity contribution in [2.24, 2.45) is 0 Å². The van der Waals surface area contributed by atoms with Crippen molar-refractivity contribution in [3.63, 3.8) is 0 Å². The van der Waals surface area contributed by atoms with Crippen LogP contribution in [0.1, 0.15) is 15.9 Å². The van der Waals surface area contributed by atoms with Gasteiger partial charge in [-0.1, -0.05) is 51.2 Å². The summed E-state index contributed by atoms with van der Waals surface area (Å²) in [6.45, 7) is 1.55. The molecule has 0 bridgehead atoms. The number of carbonyl (C=O) groups is 1. The van der Waals surface area contributed by atoms with Crippen molar-refractivity contribution in [2.75, 3.05) is 7.33 Å². The van der Waals surface area contributed by atoms with Gasteiger partial charge in [0, 0.05) is 16.9 Å². The van der Waals surface area contributed by atoms with Crippen LogP contribution in [0, 0.1) is 12.7 Å². The van der Waals surface area contributed by atoms with E-state index in [9.17, 15) is 19.4 Å². The molecule has 0 aliphatic heterocycles. The number of nitrogens with zero attached hydrogens (tertiary/aromatic N) is 1. The fourth-order valence-corrected chi connectivity index (χ4v) is 2.55. The number of phenolic OH excluding ortho intramolecular Hbond substituents is 2. The molecule has 0 fully saturated rings. The number of halogens is 3. The van der Waals surface area contributed by atoms with Crippen LogP contribution in [0.5, 0.6) is 11.5 Å². The zero-order valence-electron chi connectivity index (χ0n) is 14.9. The summed E-state index contributed by atoms with van der Waals surface area (Å²) < 4.78 is 15.1. The number of hydrogen-bond donors (Lipinski definition) is 2. The highest BCUT2D eigenvalue weighted by Gasteiger charge is 2.22. The highest BCUT2D eigenvalue weighted by molar-refractivity contribution is 14.2. The van der Waals surface area contributed by atoms with Crippen LogP contribution in [-0.2, 0) is 0 Å². The first-order valence-electron chi connectivity index (χ1n) is 8.18. The number of amides is 1. The number of hydrogen-bond acceptors (Lipinski definition) is 3. The van der Waals surface area contributed by atoms with Crippen LogP contribution in [0.4, 0.5) is 15.8 Å². The van der Waals surface area contributed by atoms with Gasteiger partial charge in [0.1, 0.15) is 17.3 Å². The highest BCUT2D eigenvalue weighted by atomic mass is 127. The summed E-state index contributed by atoms with van der Waals surface area (Å²) in [4.78, 5) is 14.5. The minimum Gasteiger partial charge on any atom is -0.508 e. The SMILES string of the molecule is Cc1c(F)cccc1C(=O)N(c1ccc(O)cc1)c1ccc(O)cc1.ICI. The lowest BCUT2D eigenvalue weighted by Gasteiger charge is -2.24. The summed E-state index contributed by atoms with van der Waals surface area (Å²) in [7, 11) is 0. The number of alkyl halides is 2. The van der Waals surface area contributed by atoms with E-state index in [0.717, 1.165) is 0 Å². The summed E-state index contributed by atoms with van der Waals surface area (Å²) in [5.41, 5.74) is 1.52. The summed E-state index contributed by atoms with van der Waals surface area (Å²) in [5, 5.41) is 19.0. The topological polar surface area (TPSA) is 60.8 Å². The first kappa shape index (κ1) is 22.4. The second kappa shape index (κ2) is 10.6. The molecule has 0 atom stereocenters. The Balaban J connectivity index is 0.000000878. The van der Waals surface area contributed by atoms with Crippen LogP contribution in [-0.4, -0.2) is 18.6 Å². The molecular formula is C21H18FI2NO3. The molecule has 1 amide bonds. The Morgan fingerprint density at radius 3 is 1.75 bits per heavy atom. The van der Waals surface area contributed by atoms with Gasteiger partial charge in [0.25, 0.3) is 5.91 Å². The third-order valence-corrected chi connectivity index (χ3v) is 3.92. The molecule has 4 nitrogen and oxygen atoms in total. The van der Waals surface area contributed by atoms with Gasteiger partial charge in [-0.2, -0.15) is 0 Å². The van der Waals surface area contributed by atoms with E-state index in [0.29, 0.717) is 11.4 Å². The first-order chi connectivity index (χ1) is 13.4. The van der Waals surface area contributed by atoms with Crippen molar-refractivity contribution in [2.45, 2.75) is 6.92 Å². The number of carbonyl (C=O) groups excluding carboxylic acids is 1. The van der Waals surface area contributed by atoms with Gasteiger partial charge in [0.05, 0.1) is 2.43 Å². The maximum Gasteiger partial charge on any atom is 0.263 e. The summed E-state index contributed by atoms with van der Waals surface area (Å²) >= 11 is 4.55. The average molecular weight is 605 g/mol. The van der Waals surface area contributed by atoms with Gasteiger partial charge in [0.15, 0.2) is 0 Å². The number of anilines is 2. The highest BCUT2D eigenvalue weighted by Crippen LogP contribution is 2.31. The van der Waals surface area contributed by atoms with Gasteiger partial charge in [-0.25, -0.2) is 4.39 Å². The minimum absolute atomic E-state index is 0.0730. The van der Waals surface area contributed by atoms with Gasteiger partial charge in [-0.05, 0) is 73.2 Å². The standard InChI is InChI=1S/C20H16FNO3.CH2I2/c1-13-18(3-2-4-19(13)21)20(25)22(14-5-9-16(23)10-6-14)15-7-11-17(24)12-8-15;2-1-3/h2-12,23-24H,1H3;1H2. The largest absolute Gasteiger partial charge is 0.508 e. The smallest absolute Gasteiger partial charge is 0.263 e. The quantitative estimate of drug-likeness (QED) is 0.271. The van der Waals surface area contributed by atoms with Crippen LogP contribution in [0.25, 0.3) is 0 Å². The maximum absolute atomic E-state index is 13.9. The predicted octanol–water partition coefficient (Wildman–Crippen LogP) is 6.34. The van der Waals surface area contributed by atoms with Gasteiger partial charge >= 0.3 is 0 Å². The van der Waals surface area contributed by atoms with Crippen molar-refractivity contribution in [3.05, 3.63) is 83.7 Å². The number of aromatic hydroxyl groups is 2. The van der Waals surface area contributed by atoms with Gasteiger partial charge < -0.3 is 10.2 Å². The Kier molecular flexibility index (Phi) is 8.49. The fraction of sp³-hybridized carbons (Fsp3) is 0.0952. The molecule has 0 radical (unpaired) electrons. The van der Waals surface area contributed by atoms with Crippen LogP contribution < -0.4 is 4.90 Å². The minimum atomic E-state index is -0.456. The maximum atomic E-state index is 13.9. The van der Waals surface area contributed by atoms with E-state index in [1.807, 2.05) is 0 Å². The van der Waals surface area contributed by atoms with Crippen molar-refractivity contribution in [1.29, 1.82) is 0 Å². The summed E-state index contributed by atoms with van der Waals surface area (Å²) in [6.07, 6.45) is 0. The van der Waals surface area contributed by atoms with E-state index in [1.165, 1.54) is 43.7 Å². The van der Waals surface area contributed by atoms with Gasteiger partial charge in [0.2, 0.25) is 0 Å². The van der Waals surface area contributed by atoms with Gasteiger partial charge in [-0.15, -0.1) is 0 Å². The van der Waals surface area contributed by atoms with Crippen LogP contribution in [0.15, 0.2) is 66.7 Å². The summed E-state index contributed by atoms with van der Waals surface area (Å²) in [6, 6.07) is 16.6. The van der Waals surface area contributed by atoms with E-state index in [1.54, 1.807) is 37.3 Å². The summed E-state index contributed by atoms with van der Waals surface area (Å²) in [5.74, 6) is -0.719. The normalized spacial score (nSPS) is 10.0. The molecule has 0 unspecified atom stereocenters. The van der Waals surface area contributed by atoms with E-state index in [2.05, 4.69) is 45.2 Å².